The molecule has 150 valence electrons. The predicted molar refractivity (Wildman–Crippen MR) is 113 cm³/mol. The van der Waals surface area contributed by atoms with Crippen LogP contribution in [0.1, 0.15) is 42.3 Å². The normalized spacial score (nSPS) is 11.3. The van der Waals surface area contributed by atoms with Gasteiger partial charge in [-0.05, 0) is 42.3 Å². The largest absolute Gasteiger partial charge is 0.485 e. The third-order valence-electron chi connectivity index (χ3n) is 4.27. The summed E-state index contributed by atoms with van der Waals surface area (Å²) in [4.78, 5) is 10.5. The second kappa shape index (κ2) is 8.78. The monoisotopic (exact) mass is 411 g/mol. The molecule has 0 unspecified atom stereocenters. The van der Waals surface area contributed by atoms with Crippen molar-refractivity contribution in [2.24, 2.45) is 5.10 Å². The van der Waals surface area contributed by atoms with Gasteiger partial charge in [-0.15, -0.1) is 0 Å². The fourth-order valence-corrected chi connectivity index (χ4v) is 2.96. The van der Waals surface area contributed by atoms with Crippen LogP contribution in [-0.4, -0.2) is 26.0 Å². The first-order chi connectivity index (χ1) is 13.8. The van der Waals surface area contributed by atoms with E-state index in [9.17, 15) is 10.1 Å². The first-order valence-corrected chi connectivity index (χ1v) is 9.44. The maximum Gasteiger partial charge on any atom is 0.270 e. The standard InChI is InChI=1S/C20H21N5O3S/c1-13(2)17-8-7-14(3)9-18(17)28-12-19-22-23-20(29)24(19)21-11-15-5-4-6-16(10-15)25(26)27/h4-11,13H,12H2,1-3H3,(H,23,29)/b21-11-. The zero-order valence-corrected chi connectivity index (χ0v) is 17.1. The summed E-state index contributed by atoms with van der Waals surface area (Å²) >= 11 is 5.24. The Morgan fingerprint density at radius 1 is 1.34 bits per heavy atom. The minimum atomic E-state index is -0.450. The van der Waals surface area contributed by atoms with Crippen LogP contribution < -0.4 is 4.74 Å². The zero-order chi connectivity index (χ0) is 21.0. The molecule has 0 amide bonds. The Labute approximate surface area is 173 Å². The first-order valence-electron chi connectivity index (χ1n) is 9.03. The highest BCUT2D eigenvalue weighted by Gasteiger charge is 2.11. The van der Waals surface area contributed by atoms with Crippen LogP contribution in [0.4, 0.5) is 5.69 Å². The highest BCUT2D eigenvalue weighted by molar-refractivity contribution is 7.71. The van der Waals surface area contributed by atoms with Crippen LogP contribution in [0.25, 0.3) is 0 Å². The summed E-state index contributed by atoms with van der Waals surface area (Å²) in [7, 11) is 0. The molecule has 0 bridgehead atoms. The number of benzene rings is 2. The van der Waals surface area contributed by atoms with E-state index in [1.165, 1.54) is 23.0 Å². The number of hydrogen-bond acceptors (Lipinski definition) is 6. The summed E-state index contributed by atoms with van der Waals surface area (Å²) in [5, 5.41) is 22.1. The Balaban J connectivity index is 1.82. The number of rotatable bonds is 7. The Kier molecular flexibility index (Phi) is 6.18. The summed E-state index contributed by atoms with van der Waals surface area (Å²) in [5.41, 5.74) is 2.78. The average Bonchev–Trinajstić information content (AvgIpc) is 3.04. The second-order valence-corrected chi connectivity index (χ2v) is 7.22. The van der Waals surface area contributed by atoms with E-state index in [0.717, 1.165) is 16.9 Å². The zero-order valence-electron chi connectivity index (χ0n) is 16.3. The Hall–Kier alpha value is -3.33. The van der Waals surface area contributed by atoms with E-state index in [1.807, 2.05) is 13.0 Å². The number of aryl methyl sites for hydroxylation is 1. The van der Waals surface area contributed by atoms with Crippen LogP contribution in [-0.2, 0) is 6.61 Å². The minimum Gasteiger partial charge on any atom is -0.485 e. The molecule has 1 heterocycles. The smallest absolute Gasteiger partial charge is 0.270 e. The topological polar surface area (TPSA) is 98.3 Å². The van der Waals surface area contributed by atoms with Gasteiger partial charge < -0.3 is 4.74 Å². The van der Waals surface area contributed by atoms with E-state index in [1.54, 1.807) is 12.1 Å². The Bertz CT molecular complexity index is 1120. The maximum absolute atomic E-state index is 10.9. The molecule has 1 aromatic heterocycles. The molecular formula is C20H21N5O3S. The number of ether oxygens (including phenoxy) is 1. The molecule has 0 saturated heterocycles. The van der Waals surface area contributed by atoms with E-state index in [-0.39, 0.29) is 12.3 Å². The van der Waals surface area contributed by atoms with Gasteiger partial charge in [-0.2, -0.15) is 14.9 Å². The van der Waals surface area contributed by atoms with E-state index >= 15 is 0 Å². The summed E-state index contributed by atoms with van der Waals surface area (Å²) in [6, 6.07) is 12.3. The van der Waals surface area contributed by atoms with Crippen molar-refractivity contribution in [1.29, 1.82) is 0 Å². The molecule has 9 heteroatoms. The maximum atomic E-state index is 10.9. The summed E-state index contributed by atoms with van der Waals surface area (Å²) in [6.45, 7) is 6.40. The number of aromatic nitrogens is 3. The number of nitrogens with one attached hydrogen (secondary N) is 1. The number of non-ortho nitro benzene ring substituents is 1. The fraction of sp³-hybridized carbons (Fsp3) is 0.250. The van der Waals surface area contributed by atoms with Crippen LogP contribution >= 0.6 is 12.2 Å². The number of nitrogens with zero attached hydrogens (tertiary/aromatic N) is 4. The molecule has 0 radical (unpaired) electrons. The molecule has 0 aliphatic carbocycles. The van der Waals surface area contributed by atoms with Gasteiger partial charge in [-0.1, -0.05) is 38.1 Å². The number of H-pyrrole nitrogens is 1. The van der Waals surface area contributed by atoms with Gasteiger partial charge in [0.1, 0.15) is 12.4 Å². The summed E-state index contributed by atoms with van der Waals surface area (Å²) in [6.07, 6.45) is 1.49. The lowest BCUT2D eigenvalue weighted by Gasteiger charge is -2.14. The van der Waals surface area contributed by atoms with Crippen molar-refractivity contribution in [2.75, 3.05) is 0 Å². The lowest BCUT2D eigenvalue weighted by molar-refractivity contribution is -0.384. The molecule has 29 heavy (non-hydrogen) atoms. The average molecular weight is 411 g/mol. The Morgan fingerprint density at radius 2 is 2.14 bits per heavy atom. The molecule has 3 aromatic rings. The van der Waals surface area contributed by atoms with E-state index in [0.29, 0.717) is 22.1 Å². The molecule has 8 nitrogen and oxygen atoms in total. The van der Waals surface area contributed by atoms with Gasteiger partial charge in [0.2, 0.25) is 4.77 Å². The second-order valence-electron chi connectivity index (χ2n) is 6.84. The molecule has 0 spiro atoms. The van der Waals surface area contributed by atoms with Crippen molar-refractivity contribution in [3.8, 4) is 5.75 Å². The molecule has 0 fully saturated rings. The van der Waals surface area contributed by atoms with Crippen LogP contribution in [0.3, 0.4) is 0 Å². The van der Waals surface area contributed by atoms with Crippen LogP contribution in [0.15, 0.2) is 47.6 Å². The molecule has 0 aliphatic rings. The number of hydrogen-bond donors (Lipinski definition) is 1. The van der Waals surface area contributed by atoms with Crippen molar-refractivity contribution < 1.29 is 9.66 Å². The van der Waals surface area contributed by atoms with E-state index < -0.39 is 4.92 Å². The Morgan fingerprint density at radius 3 is 2.86 bits per heavy atom. The van der Waals surface area contributed by atoms with E-state index in [2.05, 4.69) is 41.3 Å². The lowest BCUT2D eigenvalue weighted by atomic mass is 10.0. The molecule has 1 N–H and O–H groups in total. The van der Waals surface area contributed by atoms with Gasteiger partial charge in [0, 0.05) is 17.7 Å². The van der Waals surface area contributed by atoms with Gasteiger partial charge in [-0.25, -0.2) is 5.10 Å². The summed E-state index contributed by atoms with van der Waals surface area (Å²) in [5.74, 6) is 1.61. The molecule has 0 saturated carbocycles. The van der Waals surface area contributed by atoms with Crippen molar-refractivity contribution in [3.63, 3.8) is 0 Å². The number of nitro groups is 1. The molecular weight excluding hydrogens is 390 g/mol. The van der Waals surface area contributed by atoms with Gasteiger partial charge >= 0.3 is 0 Å². The van der Waals surface area contributed by atoms with Crippen molar-refractivity contribution in [2.45, 2.75) is 33.3 Å². The quantitative estimate of drug-likeness (QED) is 0.262. The summed E-state index contributed by atoms with van der Waals surface area (Å²) < 4.78 is 7.76. The molecule has 2 aromatic carbocycles. The van der Waals surface area contributed by atoms with Crippen molar-refractivity contribution in [3.05, 3.63) is 79.9 Å². The van der Waals surface area contributed by atoms with Crippen LogP contribution in [0, 0.1) is 21.8 Å². The third-order valence-corrected chi connectivity index (χ3v) is 4.53. The molecule has 0 aliphatic heterocycles. The third kappa shape index (κ3) is 4.94. The van der Waals surface area contributed by atoms with Gasteiger partial charge in [-0.3, -0.25) is 10.1 Å². The minimum absolute atomic E-state index is 0.00559. The predicted octanol–water partition coefficient (Wildman–Crippen LogP) is 4.74. The number of aromatic amines is 1. The first kappa shape index (κ1) is 20.4. The number of nitro benzene ring substituents is 1. The van der Waals surface area contributed by atoms with Gasteiger partial charge in [0.25, 0.3) is 5.69 Å². The highest BCUT2D eigenvalue weighted by atomic mass is 32.1. The molecule has 3 rings (SSSR count). The van der Waals surface area contributed by atoms with Crippen molar-refractivity contribution in [1.82, 2.24) is 14.9 Å². The van der Waals surface area contributed by atoms with Gasteiger partial charge in [0.05, 0.1) is 11.1 Å². The fourth-order valence-electron chi connectivity index (χ4n) is 2.77. The molecule has 0 atom stereocenters. The van der Waals surface area contributed by atoms with E-state index in [4.69, 9.17) is 17.0 Å². The van der Waals surface area contributed by atoms with Gasteiger partial charge in [0.15, 0.2) is 5.82 Å². The van der Waals surface area contributed by atoms with Crippen LogP contribution in [0.2, 0.25) is 0 Å². The SMILES string of the molecule is Cc1ccc(C(C)C)c(OCc2n[nH]c(=S)n2/N=C\c2cccc([N+](=O)[O-])c2)c1. The highest BCUT2D eigenvalue weighted by Crippen LogP contribution is 2.28. The van der Waals surface area contributed by atoms with Crippen LogP contribution in [0.5, 0.6) is 5.75 Å². The van der Waals surface area contributed by atoms with Crippen molar-refractivity contribution >= 4 is 24.1 Å². The lowest BCUT2D eigenvalue weighted by Crippen LogP contribution is -2.06.